The Labute approximate surface area is 307 Å². The first-order chi connectivity index (χ1) is 26.3. The number of aromatic nitrogens is 1. The number of rotatable bonds is 4. The molecule has 0 aliphatic carbocycles. The van der Waals surface area contributed by atoms with Gasteiger partial charge in [0.2, 0.25) is 0 Å². The molecule has 3 heteroatoms. The topological polar surface area (TPSA) is 29.0 Å². The molecule has 53 heavy (non-hydrogen) atoms. The molecule has 9 aromatic carbocycles. The molecule has 0 radical (unpaired) electrons. The molecule has 0 amide bonds. The molecule has 2 atom stereocenters. The van der Waals surface area contributed by atoms with Crippen molar-refractivity contribution < 1.29 is 0 Å². The molecule has 10 aromatic rings. The summed E-state index contributed by atoms with van der Waals surface area (Å²) in [5.74, 6) is 0. The monoisotopic (exact) mass is 677 g/mol. The molecular weight excluding hydrogens is 643 g/mol. The zero-order chi connectivity index (χ0) is 34.9. The number of nitrogens with one attached hydrogen (secondary N) is 2. The molecule has 2 N–H and O–H groups in total. The van der Waals surface area contributed by atoms with Crippen molar-refractivity contribution in [1.82, 2.24) is 15.2 Å². The lowest BCUT2D eigenvalue weighted by Crippen LogP contribution is -2.39. The molecule has 0 saturated carbocycles. The molecule has 0 bridgehead atoms. The molecule has 0 spiro atoms. The lowest BCUT2D eigenvalue weighted by atomic mass is 9.93. The van der Waals surface area contributed by atoms with Gasteiger partial charge in [-0.3, -0.25) is 5.32 Å². The highest BCUT2D eigenvalue weighted by atomic mass is 15.2. The van der Waals surface area contributed by atoms with Gasteiger partial charge in [0.25, 0.3) is 0 Å². The van der Waals surface area contributed by atoms with Crippen molar-refractivity contribution in [2.24, 2.45) is 0 Å². The molecular formula is C50H35N3. The highest BCUT2D eigenvalue weighted by molar-refractivity contribution is 6.28. The third-order valence-electron chi connectivity index (χ3n) is 11.2. The lowest BCUT2D eigenvalue weighted by Gasteiger charge is -2.33. The summed E-state index contributed by atoms with van der Waals surface area (Å²) < 4.78 is 2.49. The van der Waals surface area contributed by atoms with Crippen LogP contribution in [0.5, 0.6) is 0 Å². The Balaban J connectivity index is 1.14. The second-order valence-corrected chi connectivity index (χ2v) is 14.2. The standard InChI is InChI=1S/C50H35N3/c1-2-15-35(16-3-1)50-51-43(37-25-24-32-12-4-5-17-36(32)30-37)31-44(52-50)41-21-10-22-42-40(41)20-11-23-45(42)53-46-28-26-33-13-6-8-18-38(33)48(46)49-39-19-9-7-14-34(39)27-29-47(49)53/h1-31,44,50-52H. The first kappa shape index (κ1) is 30.0. The van der Waals surface area contributed by atoms with Gasteiger partial charge in [-0.2, -0.15) is 0 Å². The Morgan fingerprint density at radius 2 is 1.02 bits per heavy atom. The number of hydrogen-bond donors (Lipinski definition) is 2. The van der Waals surface area contributed by atoms with E-state index in [4.69, 9.17) is 0 Å². The van der Waals surface area contributed by atoms with Crippen LogP contribution >= 0.6 is 0 Å². The fourth-order valence-electron chi connectivity index (χ4n) is 8.77. The van der Waals surface area contributed by atoms with Crippen LogP contribution in [-0.4, -0.2) is 4.57 Å². The summed E-state index contributed by atoms with van der Waals surface area (Å²) in [5, 5.41) is 20.4. The van der Waals surface area contributed by atoms with E-state index in [0.29, 0.717) is 0 Å². The van der Waals surface area contributed by atoms with Crippen LogP contribution in [0, 0.1) is 0 Å². The van der Waals surface area contributed by atoms with Crippen molar-refractivity contribution in [3.8, 4) is 5.69 Å². The molecule has 1 aromatic heterocycles. The maximum absolute atomic E-state index is 3.97. The van der Waals surface area contributed by atoms with Crippen LogP contribution in [0.15, 0.2) is 188 Å². The molecule has 11 rings (SSSR count). The van der Waals surface area contributed by atoms with Crippen molar-refractivity contribution in [3.63, 3.8) is 0 Å². The van der Waals surface area contributed by atoms with Crippen LogP contribution in [0.3, 0.4) is 0 Å². The zero-order valence-electron chi connectivity index (χ0n) is 29.0. The fourth-order valence-corrected chi connectivity index (χ4v) is 8.77. The van der Waals surface area contributed by atoms with Crippen LogP contribution in [0.25, 0.3) is 76.3 Å². The Kier molecular flexibility index (Phi) is 6.76. The molecule has 0 saturated heterocycles. The predicted octanol–water partition coefficient (Wildman–Crippen LogP) is 12.4. The lowest BCUT2D eigenvalue weighted by molar-refractivity contribution is 0.444. The van der Waals surface area contributed by atoms with Crippen LogP contribution in [0.1, 0.15) is 28.9 Å². The third kappa shape index (κ3) is 4.78. The van der Waals surface area contributed by atoms with Gasteiger partial charge in [-0.15, -0.1) is 0 Å². The van der Waals surface area contributed by atoms with Crippen molar-refractivity contribution >= 4 is 70.6 Å². The van der Waals surface area contributed by atoms with Gasteiger partial charge in [0, 0.05) is 21.9 Å². The molecule has 1 aliphatic rings. The Morgan fingerprint density at radius 3 is 1.75 bits per heavy atom. The van der Waals surface area contributed by atoms with Gasteiger partial charge in [-0.05, 0) is 84.7 Å². The van der Waals surface area contributed by atoms with Gasteiger partial charge in [-0.1, -0.05) is 158 Å². The average molecular weight is 678 g/mol. The Hall–Kier alpha value is -6.68. The van der Waals surface area contributed by atoms with E-state index < -0.39 is 0 Å². The molecule has 2 unspecified atom stereocenters. The SMILES string of the molecule is C1=C(c2ccc3ccccc3c2)NC(c2ccccc2)NC1c1cccc2c(-n3c4ccc5ccccc5c4c4c5ccccc5ccc43)cccc12. The molecule has 3 nitrogen and oxygen atoms in total. The Morgan fingerprint density at radius 1 is 0.434 bits per heavy atom. The van der Waals surface area contributed by atoms with Crippen LogP contribution in [0.2, 0.25) is 0 Å². The van der Waals surface area contributed by atoms with Crippen molar-refractivity contribution in [2.75, 3.05) is 0 Å². The maximum atomic E-state index is 3.97. The average Bonchev–Trinajstić information content (AvgIpc) is 3.58. The summed E-state index contributed by atoms with van der Waals surface area (Å²) in [6.45, 7) is 0. The van der Waals surface area contributed by atoms with Crippen molar-refractivity contribution in [3.05, 3.63) is 205 Å². The van der Waals surface area contributed by atoms with Gasteiger partial charge >= 0.3 is 0 Å². The van der Waals surface area contributed by atoms with E-state index >= 15 is 0 Å². The highest BCUT2D eigenvalue weighted by Crippen LogP contribution is 2.42. The minimum Gasteiger partial charge on any atom is -0.366 e. The molecule has 1 aliphatic heterocycles. The zero-order valence-corrected chi connectivity index (χ0v) is 29.0. The van der Waals surface area contributed by atoms with Gasteiger partial charge in [-0.25, -0.2) is 0 Å². The van der Waals surface area contributed by atoms with E-state index in [-0.39, 0.29) is 12.2 Å². The highest BCUT2D eigenvalue weighted by Gasteiger charge is 2.26. The first-order valence-corrected chi connectivity index (χ1v) is 18.4. The van der Waals surface area contributed by atoms with Gasteiger partial charge in [0.1, 0.15) is 6.17 Å². The summed E-state index contributed by atoms with van der Waals surface area (Å²) in [6.07, 6.45) is 2.30. The third-order valence-corrected chi connectivity index (χ3v) is 11.2. The second-order valence-electron chi connectivity index (χ2n) is 14.2. The minimum atomic E-state index is -0.0648. The molecule has 250 valence electrons. The van der Waals surface area contributed by atoms with Crippen LogP contribution < -0.4 is 10.6 Å². The largest absolute Gasteiger partial charge is 0.366 e. The smallest absolute Gasteiger partial charge is 0.104 e. The van der Waals surface area contributed by atoms with E-state index in [9.17, 15) is 0 Å². The maximum Gasteiger partial charge on any atom is 0.104 e. The first-order valence-electron chi connectivity index (χ1n) is 18.4. The summed E-state index contributed by atoms with van der Waals surface area (Å²) in [4.78, 5) is 0. The fraction of sp³-hybridized carbons (Fsp3) is 0.0400. The van der Waals surface area contributed by atoms with E-state index in [1.54, 1.807) is 0 Å². The normalized spacial score (nSPS) is 16.1. The van der Waals surface area contributed by atoms with Gasteiger partial charge in [0.05, 0.1) is 22.8 Å². The second kappa shape index (κ2) is 11.9. The molecule has 2 heterocycles. The number of fused-ring (bicyclic) bond motifs is 9. The van der Waals surface area contributed by atoms with Crippen molar-refractivity contribution in [1.29, 1.82) is 0 Å². The van der Waals surface area contributed by atoms with Crippen molar-refractivity contribution in [2.45, 2.75) is 12.2 Å². The van der Waals surface area contributed by atoms with E-state index in [0.717, 1.165) is 5.70 Å². The number of hydrogen-bond acceptors (Lipinski definition) is 2. The number of nitrogens with zero attached hydrogens (tertiary/aromatic N) is 1. The quantitative estimate of drug-likeness (QED) is 0.194. The van der Waals surface area contributed by atoms with Crippen LogP contribution in [0.4, 0.5) is 0 Å². The molecule has 0 fully saturated rings. The summed E-state index contributed by atoms with van der Waals surface area (Å²) >= 11 is 0. The van der Waals surface area contributed by atoms with E-state index in [1.165, 1.54) is 87.3 Å². The van der Waals surface area contributed by atoms with Crippen LogP contribution in [-0.2, 0) is 0 Å². The number of benzene rings is 9. The van der Waals surface area contributed by atoms with Gasteiger partial charge in [0.15, 0.2) is 0 Å². The Bertz CT molecular complexity index is 2990. The van der Waals surface area contributed by atoms with E-state index in [1.807, 2.05) is 0 Å². The summed E-state index contributed by atoms with van der Waals surface area (Å²) in [7, 11) is 0. The van der Waals surface area contributed by atoms with Gasteiger partial charge < -0.3 is 9.88 Å². The van der Waals surface area contributed by atoms with E-state index in [2.05, 4.69) is 203 Å². The minimum absolute atomic E-state index is 0.0343. The predicted molar refractivity (Wildman–Crippen MR) is 223 cm³/mol. The summed E-state index contributed by atoms with van der Waals surface area (Å²) in [6, 6.07) is 66.4. The summed E-state index contributed by atoms with van der Waals surface area (Å²) in [5.41, 5.74) is 8.38.